The van der Waals surface area contributed by atoms with Gasteiger partial charge in [0, 0.05) is 31.2 Å². The Morgan fingerprint density at radius 2 is 2.00 bits per heavy atom. The number of benzene rings is 1. The molecule has 0 spiro atoms. The highest BCUT2D eigenvalue weighted by Crippen LogP contribution is 2.25. The number of nitrogens with one attached hydrogen (secondary N) is 1. The maximum Gasteiger partial charge on any atom is 0.272 e. The van der Waals surface area contributed by atoms with Gasteiger partial charge in [-0.1, -0.05) is 6.07 Å². The highest BCUT2D eigenvalue weighted by molar-refractivity contribution is 5.92. The van der Waals surface area contributed by atoms with E-state index in [-0.39, 0.29) is 11.4 Å². The summed E-state index contributed by atoms with van der Waals surface area (Å²) in [5, 5.41) is 3.40. The molecule has 6 heteroatoms. The third kappa shape index (κ3) is 4.28. The number of carbonyl (C=O) groups is 1. The quantitative estimate of drug-likeness (QED) is 0.926. The summed E-state index contributed by atoms with van der Waals surface area (Å²) in [4.78, 5) is 18.7. The lowest BCUT2D eigenvalue weighted by Gasteiger charge is -2.38. The van der Waals surface area contributed by atoms with Crippen LogP contribution < -0.4 is 14.8 Å². The Morgan fingerprint density at radius 3 is 2.68 bits per heavy atom. The third-order valence-corrected chi connectivity index (χ3v) is 4.09. The minimum Gasteiger partial charge on any atom is -0.497 e. The maximum atomic E-state index is 12.6. The largest absolute Gasteiger partial charge is 0.497 e. The van der Waals surface area contributed by atoms with E-state index in [0.717, 1.165) is 12.3 Å². The van der Waals surface area contributed by atoms with E-state index in [2.05, 4.69) is 24.1 Å². The monoisotopic (exact) mass is 341 g/mol. The molecule has 1 aromatic carbocycles. The van der Waals surface area contributed by atoms with Gasteiger partial charge in [-0.3, -0.25) is 4.79 Å². The van der Waals surface area contributed by atoms with Gasteiger partial charge in [0.1, 0.15) is 22.9 Å². The molecule has 2 aromatic rings. The summed E-state index contributed by atoms with van der Waals surface area (Å²) < 4.78 is 10.9. The maximum absolute atomic E-state index is 12.6. The predicted octanol–water partition coefficient (Wildman–Crippen LogP) is 2.71. The summed E-state index contributed by atoms with van der Waals surface area (Å²) in [5.41, 5.74) is 0.347. The molecule has 0 aliphatic carbocycles. The first-order valence-corrected chi connectivity index (χ1v) is 8.29. The van der Waals surface area contributed by atoms with Crippen molar-refractivity contribution in [2.24, 2.45) is 0 Å². The average Bonchev–Trinajstić information content (AvgIpc) is 2.61. The van der Waals surface area contributed by atoms with E-state index < -0.39 is 0 Å². The van der Waals surface area contributed by atoms with E-state index in [9.17, 15) is 4.79 Å². The molecule has 3 rings (SSSR count). The smallest absolute Gasteiger partial charge is 0.272 e. The number of nitrogens with zero attached hydrogens (tertiary/aromatic N) is 2. The molecule has 1 aliphatic rings. The van der Waals surface area contributed by atoms with Crippen molar-refractivity contribution in [1.29, 1.82) is 0 Å². The second-order valence-corrected chi connectivity index (χ2v) is 6.70. The van der Waals surface area contributed by atoms with Crippen molar-refractivity contribution in [3.8, 4) is 17.2 Å². The fraction of sp³-hybridized carbons (Fsp3) is 0.368. The number of aromatic nitrogens is 1. The number of carbonyl (C=O) groups excluding carboxylic acids is 1. The van der Waals surface area contributed by atoms with Crippen LogP contribution in [0, 0.1) is 0 Å². The number of rotatable bonds is 4. The normalized spacial score (nSPS) is 16.4. The summed E-state index contributed by atoms with van der Waals surface area (Å²) in [6.45, 7) is 6.31. The van der Waals surface area contributed by atoms with E-state index in [0.29, 0.717) is 30.3 Å². The molecule has 1 saturated heterocycles. The van der Waals surface area contributed by atoms with E-state index in [4.69, 9.17) is 9.47 Å². The molecule has 0 saturated carbocycles. The number of piperazine rings is 1. The molecule has 0 atom stereocenters. The lowest BCUT2D eigenvalue weighted by atomic mass is 10.0. The fourth-order valence-corrected chi connectivity index (χ4v) is 2.84. The topological polar surface area (TPSA) is 63.7 Å². The molecule has 1 aliphatic heterocycles. The Morgan fingerprint density at radius 1 is 1.20 bits per heavy atom. The van der Waals surface area contributed by atoms with Gasteiger partial charge in [0.05, 0.1) is 13.3 Å². The van der Waals surface area contributed by atoms with Crippen molar-refractivity contribution < 1.29 is 14.3 Å². The molecule has 1 N–H and O–H groups in total. The lowest BCUT2D eigenvalue weighted by molar-refractivity contribution is 0.0646. The van der Waals surface area contributed by atoms with Crippen molar-refractivity contribution in [2.45, 2.75) is 19.4 Å². The Labute approximate surface area is 147 Å². The minimum absolute atomic E-state index is 0.0532. The first kappa shape index (κ1) is 17.2. The zero-order valence-electron chi connectivity index (χ0n) is 14.8. The second kappa shape index (κ2) is 7.11. The zero-order valence-corrected chi connectivity index (χ0v) is 14.8. The predicted molar refractivity (Wildman–Crippen MR) is 95.3 cm³/mol. The van der Waals surface area contributed by atoms with Crippen LogP contribution >= 0.6 is 0 Å². The van der Waals surface area contributed by atoms with Gasteiger partial charge in [0.15, 0.2) is 0 Å². The molecular weight excluding hydrogens is 318 g/mol. The van der Waals surface area contributed by atoms with Crippen LogP contribution in [0.1, 0.15) is 24.3 Å². The molecule has 25 heavy (non-hydrogen) atoms. The first-order valence-electron chi connectivity index (χ1n) is 8.29. The van der Waals surface area contributed by atoms with E-state index >= 15 is 0 Å². The van der Waals surface area contributed by atoms with Gasteiger partial charge < -0.3 is 19.7 Å². The number of pyridine rings is 1. The van der Waals surface area contributed by atoms with Crippen LogP contribution in [0.2, 0.25) is 0 Å². The molecule has 132 valence electrons. The van der Waals surface area contributed by atoms with Crippen LogP contribution in [0.15, 0.2) is 42.6 Å². The average molecular weight is 341 g/mol. The third-order valence-electron chi connectivity index (χ3n) is 4.09. The zero-order chi connectivity index (χ0) is 17.9. The number of hydrogen-bond acceptors (Lipinski definition) is 5. The van der Waals surface area contributed by atoms with Crippen molar-refractivity contribution in [3.05, 3.63) is 48.3 Å². The molecule has 0 bridgehead atoms. The SMILES string of the molecule is COc1cccc(Oc2ccc(C(=O)N3CCNC(C)(C)C3)nc2)c1. The van der Waals surface area contributed by atoms with Crippen LogP contribution in [-0.2, 0) is 0 Å². The van der Waals surface area contributed by atoms with Gasteiger partial charge >= 0.3 is 0 Å². The van der Waals surface area contributed by atoms with Gasteiger partial charge in [-0.25, -0.2) is 4.98 Å². The molecule has 1 aromatic heterocycles. The molecular formula is C19H23N3O3. The standard InChI is InChI=1S/C19H23N3O3/c1-19(2)13-22(10-9-21-19)18(23)17-8-7-16(12-20-17)25-15-6-4-5-14(11-15)24-3/h4-8,11-12,21H,9-10,13H2,1-3H3. The Hall–Kier alpha value is -2.60. The van der Waals surface area contributed by atoms with E-state index in [1.807, 2.05) is 23.1 Å². The van der Waals surface area contributed by atoms with Crippen LogP contribution in [-0.4, -0.2) is 48.1 Å². The molecule has 0 radical (unpaired) electrons. The lowest BCUT2D eigenvalue weighted by Crippen LogP contribution is -2.58. The van der Waals surface area contributed by atoms with Crippen molar-refractivity contribution in [1.82, 2.24) is 15.2 Å². The molecule has 1 fully saturated rings. The van der Waals surface area contributed by atoms with Gasteiger partial charge in [0.2, 0.25) is 0 Å². The van der Waals surface area contributed by atoms with Gasteiger partial charge in [0.25, 0.3) is 5.91 Å². The van der Waals surface area contributed by atoms with E-state index in [1.54, 1.807) is 31.5 Å². The van der Waals surface area contributed by atoms with Crippen molar-refractivity contribution in [2.75, 3.05) is 26.7 Å². The molecule has 6 nitrogen and oxygen atoms in total. The van der Waals surface area contributed by atoms with Crippen LogP contribution in [0.4, 0.5) is 0 Å². The number of ether oxygens (including phenoxy) is 2. The second-order valence-electron chi connectivity index (χ2n) is 6.70. The minimum atomic E-state index is -0.0800. The van der Waals surface area contributed by atoms with Crippen LogP contribution in [0.25, 0.3) is 0 Å². The highest BCUT2D eigenvalue weighted by Gasteiger charge is 2.29. The summed E-state index contributed by atoms with van der Waals surface area (Å²) in [6.07, 6.45) is 1.57. The molecule has 0 unspecified atom stereocenters. The van der Waals surface area contributed by atoms with E-state index in [1.165, 1.54) is 0 Å². The van der Waals surface area contributed by atoms with Gasteiger partial charge in [-0.05, 0) is 38.1 Å². The summed E-state index contributed by atoms with van der Waals surface area (Å²) in [6, 6.07) is 10.8. The molecule has 1 amide bonds. The van der Waals surface area contributed by atoms with Crippen LogP contribution in [0.3, 0.4) is 0 Å². The van der Waals surface area contributed by atoms with Gasteiger partial charge in [-0.15, -0.1) is 0 Å². The summed E-state index contributed by atoms with van der Waals surface area (Å²) in [5.74, 6) is 1.90. The summed E-state index contributed by atoms with van der Waals surface area (Å²) in [7, 11) is 1.61. The number of amides is 1. The number of hydrogen-bond donors (Lipinski definition) is 1. The highest BCUT2D eigenvalue weighted by atomic mass is 16.5. The Bertz CT molecular complexity index is 744. The number of methoxy groups -OCH3 is 1. The fourth-order valence-electron chi connectivity index (χ4n) is 2.84. The Balaban J connectivity index is 1.68. The van der Waals surface area contributed by atoms with Gasteiger partial charge in [-0.2, -0.15) is 0 Å². The summed E-state index contributed by atoms with van der Waals surface area (Å²) >= 11 is 0. The Kier molecular flexibility index (Phi) is 4.90. The van der Waals surface area contributed by atoms with Crippen LogP contribution in [0.5, 0.6) is 17.2 Å². The van der Waals surface area contributed by atoms with Crippen molar-refractivity contribution in [3.63, 3.8) is 0 Å². The molecule has 2 heterocycles. The van der Waals surface area contributed by atoms with Crippen molar-refractivity contribution >= 4 is 5.91 Å². The first-order chi connectivity index (χ1) is 12.0.